The third-order valence-corrected chi connectivity index (χ3v) is 4.96. The van der Waals surface area contributed by atoms with Crippen LogP contribution in [0.1, 0.15) is 22.0 Å². The van der Waals surface area contributed by atoms with Gasteiger partial charge in [-0.05, 0) is 42.0 Å². The second kappa shape index (κ2) is 8.87. The van der Waals surface area contributed by atoms with Crippen LogP contribution in [0.15, 0.2) is 67.3 Å². The minimum Gasteiger partial charge on any atom is -0.383 e. The lowest BCUT2D eigenvalue weighted by Gasteiger charge is -2.33. The van der Waals surface area contributed by atoms with Crippen LogP contribution < -0.4 is 5.32 Å². The van der Waals surface area contributed by atoms with E-state index in [1.807, 2.05) is 41.1 Å². The minimum absolute atomic E-state index is 0.0420. The molecule has 3 aromatic rings. The summed E-state index contributed by atoms with van der Waals surface area (Å²) in [5.41, 5.74) is 2.34. The second-order valence-electron chi connectivity index (χ2n) is 6.97. The smallest absolute Gasteiger partial charge is 0.254 e. The van der Waals surface area contributed by atoms with Gasteiger partial charge in [0.2, 0.25) is 0 Å². The Balaban J connectivity index is 1.34. The van der Waals surface area contributed by atoms with E-state index in [4.69, 9.17) is 4.74 Å². The number of rotatable bonds is 6. The highest BCUT2D eigenvalue weighted by Crippen LogP contribution is 2.24. The molecule has 1 N–H and O–H groups in total. The van der Waals surface area contributed by atoms with Crippen molar-refractivity contribution in [1.82, 2.24) is 14.5 Å². The van der Waals surface area contributed by atoms with E-state index in [0.717, 1.165) is 24.3 Å². The van der Waals surface area contributed by atoms with Crippen LogP contribution in [-0.4, -0.2) is 46.6 Å². The molecule has 0 spiro atoms. The van der Waals surface area contributed by atoms with Crippen molar-refractivity contribution < 1.29 is 13.9 Å². The third kappa shape index (κ3) is 4.81. The van der Waals surface area contributed by atoms with Crippen LogP contribution in [-0.2, 0) is 11.3 Å². The lowest BCUT2D eigenvalue weighted by molar-refractivity contribution is -0.0229. The molecule has 1 fully saturated rings. The number of aromatic nitrogens is 2. The zero-order chi connectivity index (χ0) is 20.1. The summed E-state index contributed by atoms with van der Waals surface area (Å²) in [6, 6.07) is 13.8. The van der Waals surface area contributed by atoms with Gasteiger partial charge in [-0.25, -0.2) is 9.37 Å². The van der Waals surface area contributed by atoms with Crippen molar-refractivity contribution in [3.63, 3.8) is 0 Å². The van der Waals surface area contributed by atoms with Crippen LogP contribution in [0.4, 0.5) is 10.1 Å². The van der Waals surface area contributed by atoms with Gasteiger partial charge in [0.25, 0.3) is 5.91 Å². The molecule has 6 nitrogen and oxygen atoms in total. The Kier molecular flexibility index (Phi) is 5.86. The molecule has 150 valence electrons. The molecule has 0 bridgehead atoms. The van der Waals surface area contributed by atoms with Gasteiger partial charge in [0.1, 0.15) is 11.9 Å². The first kappa shape index (κ1) is 19.1. The van der Waals surface area contributed by atoms with Gasteiger partial charge in [-0.1, -0.05) is 12.1 Å². The molecular weight excluding hydrogens is 371 g/mol. The van der Waals surface area contributed by atoms with E-state index < -0.39 is 0 Å². The number of carbonyl (C=O) groups excluding carboxylic acids is 1. The number of morpholine rings is 1. The lowest BCUT2D eigenvalue weighted by atomic mass is 10.1. The van der Waals surface area contributed by atoms with Crippen molar-refractivity contribution in [2.24, 2.45) is 0 Å². The van der Waals surface area contributed by atoms with Crippen LogP contribution >= 0.6 is 0 Å². The fourth-order valence-corrected chi connectivity index (χ4v) is 3.40. The van der Waals surface area contributed by atoms with Gasteiger partial charge >= 0.3 is 0 Å². The van der Waals surface area contributed by atoms with Crippen molar-refractivity contribution in [2.75, 3.05) is 31.6 Å². The fourth-order valence-electron chi connectivity index (χ4n) is 3.40. The average molecular weight is 394 g/mol. The van der Waals surface area contributed by atoms with Gasteiger partial charge in [-0.15, -0.1) is 0 Å². The van der Waals surface area contributed by atoms with Crippen molar-refractivity contribution in [3.8, 4) is 0 Å². The monoisotopic (exact) mass is 394 g/mol. The molecule has 0 aliphatic carbocycles. The largest absolute Gasteiger partial charge is 0.383 e. The number of amides is 1. The van der Waals surface area contributed by atoms with Crippen molar-refractivity contribution in [3.05, 3.63) is 84.2 Å². The molecule has 1 aliphatic rings. The summed E-state index contributed by atoms with van der Waals surface area (Å²) in [7, 11) is 0. The van der Waals surface area contributed by atoms with Crippen LogP contribution in [0, 0.1) is 5.82 Å². The van der Waals surface area contributed by atoms with Crippen LogP contribution in [0.3, 0.4) is 0 Å². The van der Waals surface area contributed by atoms with E-state index in [9.17, 15) is 9.18 Å². The summed E-state index contributed by atoms with van der Waals surface area (Å²) in [6.45, 7) is 2.95. The third-order valence-electron chi connectivity index (χ3n) is 4.96. The van der Waals surface area contributed by atoms with E-state index in [1.54, 1.807) is 23.5 Å². The number of halogens is 1. The highest BCUT2D eigenvalue weighted by molar-refractivity contribution is 5.94. The zero-order valence-corrected chi connectivity index (χ0v) is 16.0. The minimum atomic E-state index is -0.312. The van der Waals surface area contributed by atoms with Gasteiger partial charge in [0, 0.05) is 43.3 Å². The molecule has 1 unspecified atom stereocenters. The number of ether oxygens (including phenoxy) is 1. The Hall–Kier alpha value is -3.19. The van der Waals surface area contributed by atoms with E-state index in [0.29, 0.717) is 25.3 Å². The van der Waals surface area contributed by atoms with Crippen molar-refractivity contribution in [2.45, 2.75) is 12.6 Å². The summed E-state index contributed by atoms with van der Waals surface area (Å²) < 4.78 is 21.3. The number of hydrogen-bond acceptors (Lipinski definition) is 4. The summed E-state index contributed by atoms with van der Waals surface area (Å²) >= 11 is 0. The number of carbonyl (C=O) groups is 1. The average Bonchev–Trinajstić information content (AvgIpc) is 3.27. The van der Waals surface area contributed by atoms with Crippen molar-refractivity contribution >= 4 is 11.6 Å². The van der Waals surface area contributed by atoms with Gasteiger partial charge in [0.05, 0.1) is 19.5 Å². The molecule has 1 atom stereocenters. The van der Waals surface area contributed by atoms with E-state index in [-0.39, 0.29) is 17.8 Å². The number of hydrogen-bond donors (Lipinski definition) is 1. The number of imidazole rings is 1. The summed E-state index contributed by atoms with van der Waals surface area (Å²) in [6.07, 6.45) is 5.14. The van der Waals surface area contributed by atoms with Gasteiger partial charge in [-0.2, -0.15) is 0 Å². The molecule has 1 saturated heterocycles. The summed E-state index contributed by atoms with van der Waals surface area (Å²) in [4.78, 5) is 18.7. The highest BCUT2D eigenvalue weighted by Gasteiger charge is 2.26. The van der Waals surface area contributed by atoms with Gasteiger partial charge < -0.3 is 19.5 Å². The topological polar surface area (TPSA) is 59.4 Å². The second-order valence-corrected chi connectivity index (χ2v) is 6.97. The predicted octanol–water partition coefficient (Wildman–Crippen LogP) is 3.35. The Labute approximate surface area is 168 Å². The van der Waals surface area contributed by atoms with E-state index in [1.165, 1.54) is 12.1 Å². The first-order valence-corrected chi connectivity index (χ1v) is 9.65. The first-order valence-electron chi connectivity index (χ1n) is 9.65. The molecule has 2 aromatic carbocycles. The van der Waals surface area contributed by atoms with Gasteiger partial charge in [-0.3, -0.25) is 4.79 Å². The standard InChI is InChI=1S/C22H23FN4O2/c23-19-3-1-2-18(14-19)21-15-27(12-13-29-21)22(28)17-4-6-20(7-5-17)25-9-11-26-10-8-24-16-26/h1-8,10,14,16,21,25H,9,11-13,15H2. The molecule has 2 heterocycles. The number of nitrogens with one attached hydrogen (secondary N) is 1. The molecule has 0 radical (unpaired) electrons. The lowest BCUT2D eigenvalue weighted by Crippen LogP contribution is -2.42. The van der Waals surface area contributed by atoms with E-state index >= 15 is 0 Å². The Morgan fingerprint density at radius 1 is 1.24 bits per heavy atom. The Morgan fingerprint density at radius 3 is 2.86 bits per heavy atom. The number of anilines is 1. The normalized spacial score (nSPS) is 16.6. The van der Waals surface area contributed by atoms with Gasteiger partial charge in [0.15, 0.2) is 0 Å². The Morgan fingerprint density at radius 2 is 2.10 bits per heavy atom. The SMILES string of the molecule is O=C(c1ccc(NCCn2ccnc2)cc1)N1CCOC(c2cccc(F)c2)C1. The van der Waals surface area contributed by atoms with Crippen molar-refractivity contribution in [1.29, 1.82) is 0 Å². The van der Waals surface area contributed by atoms with Crippen LogP contribution in [0.25, 0.3) is 0 Å². The van der Waals surface area contributed by atoms with Crippen LogP contribution in [0.2, 0.25) is 0 Å². The fraction of sp³-hybridized carbons (Fsp3) is 0.273. The molecule has 1 aliphatic heterocycles. The molecule has 4 rings (SSSR count). The zero-order valence-electron chi connectivity index (χ0n) is 16.0. The summed E-state index contributed by atoms with van der Waals surface area (Å²) in [5, 5.41) is 3.33. The first-order chi connectivity index (χ1) is 14.2. The Bertz CT molecular complexity index is 944. The molecule has 1 aromatic heterocycles. The van der Waals surface area contributed by atoms with Crippen LogP contribution in [0.5, 0.6) is 0 Å². The predicted molar refractivity (Wildman–Crippen MR) is 108 cm³/mol. The maximum atomic E-state index is 13.5. The maximum Gasteiger partial charge on any atom is 0.254 e. The number of benzene rings is 2. The molecule has 29 heavy (non-hydrogen) atoms. The molecule has 1 amide bonds. The molecule has 7 heteroatoms. The molecule has 0 saturated carbocycles. The van der Waals surface area contributed by atoms with E-state index in [2.05, 4.69) is 10.3 Å². The maximum absolute atomic E-state index is 13.5. The quantitative estimate of drug-likeness (QED) is 0.697. The summed E-state index contributed by atoms with van der Waals surface area (Å²) in [5.74, 6) is -0.342. The highest BCUT2D eigenvalue weighted by atomic mass is 19.1. The number of nitrogens with zero attached hydrogens (tertiary/aromatic N) is 3. The molecular formula is C22H23FN4O2.